The molecule has 1 atom stereocenters. The summed E-state index contributed by atoms with van der Waals surface area (Å²) in [6, 6.07) is 4.99. The highest BCUT2D eigenvalue weighted by molar-refractivity contribution is 5.29. The fourth-order valence-corrected chi connectivity index (χ4v) is 3.08. The molecule has 1 unspecified atom stereocenters. The lowest BCUT2D eigenvalue weighted by atomic mass is 9.73. The fraction of sp³-hybridized carbons (Fsp3) is 0.600. The summed E-state index contributed by atoms with van der Waals surface area (Å²) >= 11 is 0. The first-order valence-corrected chi connectivity index (χ1v) is 6.96. The van der Waals surface area contributed by atoms with E-state index in [0.717, 1.165) is 31.4 Å². The normalized spacial score (nSPS) is 20.6. The van der Waals surface area contributed by atoms with Crippen molar-refractivity contribution in [2.45, 2.75) is 49.8 Å². The van der Waals surface area contributed by atoms with Gasteiger partial charge in [0.15, 0.2) is 0 Å². The van der Waals surface area contributed by atoms with Gasteiger partial charge in [-0.3, -0.25) is 0 Å². The highest BCUT2D eigenvalue weighted by Crippen LogP contribution is 2.40. The second kappa shape index (κ2) is 5.74. The molecule has 1 aliphatic rings. The Morgan fingerprint density at radius 3 is 2.10 bits per heavy atom. The van der Waals surface area contributed by atoms with Crippen LogP contribution in [0, 0.1) is 0 Å². The van der Waals surface area contributed by atoms with E-state index < -0.39 is 17.3 Å². The van der Waals surface area contributed by atoms with Crippen LogP contribution < -0.4 is 5.73 Å². The van der Waals surface area contributed by atoms with E-state index >= 15 is 0 Å². The third kappa shape index (κ3) is 3.15. The number of hydrogen-bond acceptors (Lipinski definition) is 2. The molecule has 112 valence electrons. The first-order chi connectivity index (χ1) is 9.37. The van der Waals surface area contributed by atoms with Crippen LogP contribution in [0.2, 0.25) is 0 Å². The molecule has 5 heteroatoms. The molecule has 1 aliphatic carbocycles. The maximum Gasteiger partial charge on any atom is 0.416 e. The summed E-state index contributed by atoms with van der Waals surface area (Å²) < 4.78 is 37.7. The average Bonchev–Trinajstić information content (AvgIpc) is 2.39. The van der Waals surface area contributed by atoms with Gasteiger partial charge >= 0.3 is 6.18 Å². The van der Waals surface area contributed by atoms with Gasteiger partial charge in [-0.15, -0.1) is 0 Å². The predicted molar refractivity (Wildman–Crippen MR) is 71.3 cm³/mol. The van der Waals surface area contributed by atoms with Crippen LogP contribution >= 0.6 is 0 Å². The Morgan fingerprint density at radius 1 is 1.10 bits per heavy atom. The zero-order valence-corrected chi connectivity index (χ0v) is 11.3. The fourth-order valence-electron chi connectivity index (χ4n) is 3.08. The van der Waals surface area contributed by atoms with E-state index in [9.17, 15) is 18.3 Å². The summed E-state index contributed by atoms with van der Waals surface area (Å²) in [5.41, 5.74) is 4.89. The van der Waals surface area contributed by atoms with Crippen LogP contribution in [0.25, 0.3) is 0 Å². The molecule has 20 heavy (non-hydrogen) atoms. The van der Waals surface area contributed by atoms with Crippen molar-refractivity contribution in [1.82, 2.24) is 0 Å². The minimum absolute atomic E-state index is 0.238. The SMILES string of the molecule is NCC(c1ccc(C(F)(F)F)cc1)C1(O)CCCCC1. The molecule has 1 fully saturated rings. The maximum absolute atomic E-state index is 12.6. The molecule has 1 aromatic carbocycles. The number of rotatable bonds is 3. The average molecular weight is 287 g/mol. The van der Waals surface area contributed by atoms with Crippen LogP contribution in [-0.2, 0) is 6.18 Å². The zero-order chi connectivity index (χ0) is 14.8. The molecule has 0 spiro atoms. The molecule has 0 saturated heterocycles. The largest absolute Gasteiger partial charge is 0.416 e. The van der Waals surface area contributed by atoms with Crippen molar-refractivity contribution < 1.29 is 18.3 Å². The number of nitrogens with two attached hydrogens (primary N) is 1. The van der Waals surface area contributed by atoms with E-state index in [4.69, 9.17) is 5.73 Å². The third-order valence-corrected chi connectivity index (χ3v) is 4.24. The second-order valence-electron chi connectivity index (χ2n) is 5.57. The van der Waals surface area contributed by atoms with E-state index in [1.807, 2.05) is 0 Å². The van der Waals surface area contributed by atoms with Crippen molar-refractivity contribution in [3.05, 3.63) is 35.4 Å². The number of hydrogen-bond donors (Lipinski definition) is 2. The predicted octanol–water partition coefficient (Wildman–Crippen LogP) is 3.44. The van der Waals surface area contributed by atoms with Crippen molar-refractivity contribution in [1.29, 1.82) is 0 Å². The molecular formula is C15H20F3NO. The van der Waals surface area contributed by atoms with Gasteiger partial charge in [-0.1, -0.05) is 31.4 Å². The number of aliphatic hydroxyl groups is 1. The van der Waals surface area contributed by atoms with Crippen LogP contribution in [0.5, 0.6) is 0 Å². The maximum atomic E-state index is 12.6. The monoisotopic (exact) mass is 287 g/mol. The number of alkyl halides is 3. The Hall–Kier alpha value is -1.07. The van der Waals surface area contributed by atoms with Gasteiger partial charge in [0, 0.05) is 12.5 Å². The van der Waals surface area contributed by atoms with Gasteiger partial charge in [-0.25, -0.2) is 0 Å². The zero-order valence-electron chi connectivity index (χ0n) is 11.3. The van der Waals surface area contributed by atoms with Crippen LogP contribution in [-0.4, -0.2) is 17.3 Å². The van der Waals surface area contributed by atoms with Gasteiger partial charge in [0.2, 0.25) is 0 Å². The number of benzene rings is 1. The topological polar surface area (TPSA) is 46.2 Å². The van der Waals surface area contributed by atoms with Gasteiger partial charge in [0.25, 0.3) is 0 Å². The van der Waals surface area contributed by atoms with Crippen LogP contribution in [0.3, 0.4) is 0 Å². The van der Waals surface area contributed by atoms with E-state index in [2.05, 4.69) is 0 Å². The molecule has 3 N–H and O–H groups in total. The molecule has 0 radical (unpaired) electrons. The summed E-state index contributed by atoms with van der Waals surface area (Å²) in [6.07, 6.45) is -0.0435. The van der Waals surface area contributed by atoms with Gasteiger partial charge in [0.1, 0.15) is 0 Å². The van der Waals surface area contributed by atoms with E-state index in [0.29, 0.717) is 18.4 Å². The van der Waals surface area contributed by atoms with Crippen LogP contribution in [0.1, 0.15) is 49.1 Å². The molecule has 0 aliphatic heterocycles. The minimum Gasteiger partial charge on any atom is -0.389 e. The number of halogens is 3. The summed E-state index contributed by atoms with van der Waals surface area (Å²) in [6.45, 7) is 0.238. The van der Waals surface area contributed by atoms with Crippen LogP contribution in [0.4, 0.5) is 13.2 Å². The highest BCUT2D eigenvalue weighted by Gasteiger charge is 2.38. The molecule has 0 amide bonds. The summed E-state index contributed by atoms with van der Waals surface area (Å²) in [5.74, 6) is -0.301. The van der Waals surface area contributed by atoms with Crippen molar-refractivity contribution in [3.8, 4) is 0 Å². The third-order valence-electron chi connectivity index (χ3n) is 4.24. The van der Waals surface area contributed by atoms with E-state index in [1.165, 1.54) is 12.1 Å². The van der Waals surface area contributed by atoms with E-state index in [1.54, 1.807) is 0 Å². The Morgan fingerprint density at radius 2 is 1.65 bits per heavy atom. The first-order valence-electron chi connectivity index (χ1n) is 6.96. The quantitative estimate of drug-likeness (QED) is 0.894. The lowest BCUT2D eigenvalue weighted by Crippen LogP contribution is -2.41. The highest BCUT2D eigenvalue weighted by atomic mass is 19.4. The Bertz CT molecular complexity index is 435. The molecule has 0 heterocycles. The van der Waals surface area contributed by atoms with Crippen molar-refractivity contribution in [2.24, 2.45) is 5.73 Å². The Kier molecular flexibility index (Phi) is 4.39. The summed E-state index contributed by atoms with van der Waals surface area (Å²) in [5, 5.41) is 10.7. The first kappa shape index (κ1) is 15.3. The summed E-state index contributed by atoms with van der Waals surface area (Å²) in [7, 11) is 0. The molecule has 2 nitrogen and oxygen atoms in total. The lowest BCUT2D eigenvalue weighted by molar-refractivity contribution is -0.137. The van der Waals surface area contributed by atoms with Gasteiger partial charge < -0.3 is 10.8 Å². The molecule has 1 saturated carbocycles. The van der Waals surface area contributed by atoms with Crippen LogP contribution in [0.15, 0.2) is 24.3 Å². The molecule has 2 rings (SSSR count). The molecular weight excluding hydrogens is 267 g/mol. The van der Waals surface area contributed by atoms with Gasteiger partial charge in [-0.2, -0.15) is 13.2 Å². The van der Waals surface area contributed by atoms with Gasteiger partial charge in [0.05, 0.1) is 11.2 Å². The van der Waals surface area contributed by atoms with E-state index in [-0.39, 0.29) is 12.5 Å². The van der Waals surface area contributed by atoms with Crippen molar-refractivity contribution >= 4 is 0 Å². The van der Waals surface area contributed by atoms with Gasteiger partial charge in [-0.05, 0) is 30.5 Å². The second-order valence-corrected chi connectivity index (χ2v) is 5.57. The van der Waals surface area contributed by atoms with Crippen molar-refractivity contribution in [3.63, 3.8) is 0 Å². The molecule has 1 aromatic rings. The Balaban J connectivity index is 2.23. The minimum atomic E-state index is -4.33. The standard InChI is InChI=1S/C15H20F3NO/c16-15(17,18)12-6-4-11(5-7-12)13(10-19)14(20)8-2-1-3-9-14/h4-7,13,20H,1-3,8-10,19H2. The van der Waals surface area contributed by atoms with Crippen molar-refractivity contribution in [2.75, 3.05) is 6.54 Å². The molecule has 0 aromatic heterocycles. The summed E-state index contributed by atoms with van der Waals surface area (Å²) in [4.78, 5) is 0. The smallest absolute Gasteiger partial charge is 0.389 e. The Labute approximate surface area is 116 Å². The molecule has 0 bridgehead atoms. The lowest BCUT2D eigenvalue weighted by Gasteiger charge is -2.39.